The molecule has 2 aromatic heterocycles. The van der Waals surface area contributed by atoms with E-state index in [-0.39, 0.29) is 18.5 Å². The quantitative estimate of drug-likeness (QED) is 0.347. The average molecular weight is 519 g/mol. The van der Waals surface area contributed by atoms with E-state index in [0.717, 1.165) is 52.7 Å². The zero-order valence-electron chi connectivity index (χ0n) is 20.9. The van der Waals surface area contributed by atoms with Crippen molar-refractivity contribution in [1.29, 1.82) is 0 Å². The van der Waals surface area contributed by atoms with Gasteiger partial charge in [-0.15, -0.1) is 0 Å². The number of carbonyl (C=O) groups is 2. The van der Waals surface area contributed by atoms with Gasteiger partial charge in [0, 0.05) is 48.7 Å². The van der Waals surface area contributed by atoms with Crippen molar-refractivity contribution in [3.8, 4) is 10.9 Å². The van der Waals surface area contributed by atoms with E-state index in [9.17, 15) is 14.7 Å². The number of thiazole rings is 1. The van der Waals surface area contributed by atoms with E-state index in [2.05, 4.69) is 34.1 Å². The lowest BCUT2D eigenvalue weighted by molar-refractivity contribution is -0.146. The van der Waals surface area contributed by atoms with E-state index < -0.39 is 5.97 Å². The molecule has 4 aromatic rings. The van der Waals surface area contributed by atoms with Crippen molar-refractivity contribution in [2.24, 2.45) is 5.92 Å². The summed E-state index contributed by atoms with van der Waals surface area (Å²) in [5, 5.41) is 11.1. The van der Waals surface area contributed by atoms with Crippen molar-refractivity contribution in [1.82, 2.24) is 19.8 Å². The highest BCUT2D eigenvalue weighted by molar-refractivity contribution is 7.20. The minimum absolute atomic E-state index is 0.0263. The van der Waals surface area contributed by atoms with Crippen LogP contribution in [0.1, 0.15) is 38.7 Å². The molecule has 1 unspecified atom stereocenters. The number of carboxylic acid groups (broad SMARTS) is 1. The third-order valence-electron chi connectivity index (χ3n) is 7.98. The number of para-hydroxylation sites is 1. The molecule has 0 saturated carbocycles. The van der Waals surface area contributed by atoms with E-state index in [4.69, 9.17) is 4.74 Å². The lowest BCUT2D eigenvalue weighted by Crippen LogP contribution is -2.53. The van der Waals surface area contributed by atoms with Gasteiger partial charge in [0.25, 0.3) is 5.19 Å². The van der Waals surface area contributed by atoms with Gasteiger partial charge in [-0.3, -0.25) is 14.5 Å². The van der Waals surface area contributed by atoms with Gasteiger partial charge in [-0.25, -0.2) is 4.98 Å². The number of nitrogens with one attached hydrogen (secondary N) is 1. The Bertz CT molecular complexity index is 1450. The Morgan fingerprint density at radius 1 is 1.22 bits per heavy atom. The molecule has 37 heavy (non-hydrogen) atoms. The van der Waals surface area contributed by atoms with Gasteiger partial charge in [-0.2, -0.15) is 0 Å². The minimum Gasteiger partial charge on any atom is -0.480 e. The summed E-state index contributed by atoms with van der Waals surface area (Å²) >= 11 is 1.54. The number of hydrogen-bond donors (Lipinski definition) is 2. The number of piperidine rings is 1. The molecule has 0 radical (unpaired) electrons. The Labute approximate surface area is 218 Å². The minimum atomic E-state index is -0.958. The molecule has 2 aliphatic rings. The second kappa shape index (κ2) is 9.46. The van der Waals surface area contributed by atoms with Crippen molar-refractivity contribution in [3.63, 3.8) is 0 Å². The van der Waals surface area contributed by atoms with Gasteiger partial charge in [-0.05, 0) is 61.1 Å². The Morgan fingerprint density at radius 3 is 2.81 bits per heavy atom. The predicted octanol–water partition coefficient (Wildman–Crippen LogP) is 5.24. The number of rotatable bonds is 7. The molecule has 2 N–H and O–H groups in total. The van der Waals surface area contributed by atoms with Crippen LogP contribution in [0.3, 0.4) is 0 Å². The number of benzene rings is 2. The fraction of sp³-hybridized carbons (Fsp3) is 0.393. The normalized spacial score (nSPS) is 23.5. The Balaban J connectivity index is 1.22. The van der Waals surface area contributed by atoms with E-state index >= 15 is 0 Å². The fourth-order valence-corrected chi connectivity index (χ4v) is 7.13. The Kier molecular flexibility index (Phi) is 6.12. The highest BCUT2D eigenvalue weighted by atomic mass is 32.1. The molecule has 1 amide bonds. The molecule has 6 rings (SSSR count). The topological polar surface area (TPSA) is 98.8 Å². The van der Waals surface area contributed by atoms with Crippen molar-refractivity contribution >= 4 is 44.3 Å². The SMILES string of the molecule is CC(=O)N(CC(=O)O)[C@H]1CC2C[C@H](C)[C@@H](C1)N2Cc1c[nH]c2ccc(Oc3nc4ccccc4s3)cc12. The number of carbonyl (C=O) groups excluding carboxylic acids is 1. The monoisotopic (exact) mass is 518 g/mol. The second-order valence-electron chi connectivity index (χ2n) is 10.3. The molecule has 2 bridgehead atoms. The molecule has 0 spiro atoms. The number of aromatic nitrogens is 2. The smallest absolute Gasteiger partial charge is 0.323 e. The van der Waals surface area contributed by atoms with Crippen molar-refractivity contribution in [3.05, 3.63) is 54.2 Å². The first-order valence-electron chi connectivity index (χ1n) is 12.7. The van der Waals surface area contributed by atoms with E-state index in [0.29, 0.717) is 23.2 Å². The standard InChI is InChI=1S/C28H30N4O4S/c1-16-9-19-10-20(31(17(2)33)15-27(34)35)11-25(16)32(19)14-18-13-29-23-8-7-21(12-22(18)23)36-28-30-24-5-3-4-6-26(24)37-28/h3-8,12-13,16,19-20,25,29H,9-11,14-15H2,1-2H3,(H,34,35)/t16-,19?,20-,25+/m0/s1. The molecular formula is C28H30N4O4S. The molecule has 2 aliphatic heterocycles. The molecule has 4 heterocycles. The summed E-state index contributed by atoms with van der Waals surface area (Å²) in [4.78, 5) is 35.7. The highest BCUT2D eigenvalue weighted by Crippen LogP contribution is 2.43. The van der Waals surface area contributed by atoms with Gasteiger partial charge >= 0.3 is 5.97 Å². The van der Waals surface area contributed by atoms with Crippen molar-refractivity contribution in [2.75, 3.05) is 6.54 Å². The van der Waals surface area contributed by atoms with Crippen LogP contribution in [0.4, 0.5) is 0 Å². The van der Waals surface area contributed by atoms with Crippen LogP contribution in [0.25, 0.3) is 21.1 Å². The highest BCUT2D eigenvalue weighted by Gasteiger charge is 2.46. The van der Waals surface area contributed by atoms with E-state index in [1.165, 1.54) is 23.8 Å². The Morgan fingerprint density at radius 2 is 2.05 bits per heavy atom. The van der Waals surface area contributed by atoms with E-state index in [1.54, 1.807) is 4.90 Å². The van der Waals surface area contributed by atoms with Gasteiger partial charge in [-0.1, -0.05) is 30.4 Å². The average Bonchev–Trinajstić information content (AvgIpc) is 3.50. The first kappa shape index (κ1) is 23.9. The van der Waals surface area contributed by atoms with Crippen molar-refractivity contribution in [2.45, 2.75) is 57.8 Å². The summed E-state index contributed by atoms with van der Waals surface area (Å²) in [6.07, 6.45) is 4.75. The number of carboxylic acids is 1. The zero-order chi connectivity index (χ0) is 25.7. The maximum atomic E-state index is 12.2. The predicted molar refractivity (Wildman–Crippen MR) is 143 cm³/mol. The fourth-order valence-electron chi connectivity index (χ4n) is 6.30. The number of H-pyrrole nitrogens is 1. The largest absolute Gasteiger partial charge is 0.480 e. The van der Waals surface area contributed by atoms with Gasteiger partial charge in [0.2, 0.25) is 5.91 Å². The van der Waals surface area contributed by atoms with Gasteiger partial charge in [0.05, 0.1) is 10.2 Å². The van der Waals surface area contributed by atoms with Gasteiger partial charge in [0.15, 0.2) is 0 Å². The maximum absolute atomic E-state index is 12.2. The molecule has 2 saturated heterocycles. The Hall–Kier alpha value is -3.43. The number of fused-ring (bicyclic) bond motifs is 4. The second-order valence-corrected chi connectivity index (χ2v) is 11.3. The van der Waals surface area contributed by atoms with Crippen LogP contribution in [0.5, 0.6) is 10.9 Å². The maximum Gasteiger partial charge on any atom is 0.323 e. The number of aliphatic carboxylic acids is 1. The summed E-state index contributed by atoms with van der Waals surface area (Å²) in [7, 11) is 0. The van der Waals surface area contributed by atoms with Crippen LogP contribution in [0.2, 0.25) is 0 Å². The van der Waals surface area contributed by atoms with Gasteiger partial charge in [0.1, 0.15) is 12.3 Å². The molecule has 2 fully saturated rings. The van der Waals surface area contributed by atoms with Crippen LogP contribution in [-0.2, 0) is 16.1 Å². The molecule has 8 nitrogen and oxygen atoms in total. The number of aromatic amines is 1. The molecule has 9 heteroatoms. The lowest BCUT2D eigenvalue weighted by atomic mass is 9.93. The van der Waals surface area contributed by atoms with Crippen LogP contribution in [0, 0.1) is 5.92 Å². The molecule has 2 aromatic carbocycles. The molecule has 4 atom stereocenters. The number of nitrogens with zero attached hydrogens (tertiary/aromatic N) is 3. The van der Waals surface area contributed by atoms with Gasteiger partial charge < -0.3 is 19.7 Å². The summed E-state index contributed by atoms with van der Waals surface area (Å²) in [6, 6.07) is 14.7. The lowest BCUT2D eigenvalue weighted by Gasteiger charge is -2.43. The van der Waals surface area contributed by atoms with Crippen LogP contribution in [0.15, 0.2) is 48.7 Å². The zero-order valence-corrected chi connectivity index (χ0v) is 21.7. The van der Waals surface area contributed by atoms with E-state index in [1.807, 2.05) is 36.4 Å². The molecule has 192 valence electrons. The summed E-state index contributed by atoms with van der Waals surface area (Å²) in [5.74, 6) is 0.135. The van der Waals surface area contributed by atoms with Crippen molar-refractivity contribution < 1.29 is 19.4 Å². The molecular weight excluding hydrogens is 488 g/mol. The number of ether oxygens (including phenoxy) is 1. The number of hydrogen-bond acceptors (Lipinski definition) is 6. The first-order valence-corrected chi connectivity index (χ1v) is 13.6. The summed E-state index contributed by atoms with van der Waals surface area (Å²) in [5.41, 5.74) is 3.21. The third-order valence-corrected chi connectivity index (χ3v) is 8.89. The van der Waals surface area contributed by atoms with Crippen LogP contribution >= 0.6 is 11.3 Å². The molecule has 0 aliphatic carbocycles. The first-order chi connectivity index (χ1) is 17.9. The summed E-state index contributed by atoms with van der Waals surface area (Å²) < 4.78 is 7.24. The number of amides is 1. The third kappa shape index (κ3) is 4.57. The van der Waals surface area contributed by atoms with Crippen LogP contribution < -0.4 is 4.74 Å². The van der Waals surface area contributed by atoms with Crippen LogP contribution in [-0.4, -0.2) is 61.4 Å². The summed E-state index contributed by atoms with van der Waals surface area (Å²) in [6.45, 7) is 4.32.